The Balaban J connectivity index is 1.48. The van der Waals surface area contributed by atoms with Gasteiger partial charge in [0, 0.05) is 30.7 Å². The zero-order valence-corrected chi connectivity index (χ0v) is 27.9. The molecule has 1 amide bonds. The standard InChI is InChI=1S/C36H57N3O4/c1-35(2,3)39(34(40)41)27-26-38(28-30-16-10-12-18-32(30)43-36(4,5)6)23-15-9-8-14-22-37-24-20-29(21-25-37)31-17-11-13-19-33(31)42-7/h10-13,16-19,29H,8-9,14-15,20-28H2,1-7H3,(H,40,41). The molecule has 7 heteroatoms. The highest BCUT2D eigenvalue weighted by Gasteiger charge is 2.27. The van der Waals surface area contributed by atoms with Crippen molar-refractivity contribution >= 4 is 6.09 Å². The van der Waals surface area contributed by atoms with Crippen molar-refractivity contribution in [2.24, 2.45) is 0 Å². The molecule has 2 aromatic rings. The molecule has 0 aliphatic carbocycles. The number of carboxylic acid groups (broad SMARTS) is 1. The first-order valence-corrected chi connectivity index (χ1v) is 16.2. The Morgan fingerprint density at radius 2 is 1.49 bits per heavy atom. The number of para-hydroxylation sites is 2. The van der Waals surface area contributed by atoms with E-state index in [1.54, 1.807) is 12.0 Å². The molecule has 1 aliphatic rings. The van der Waals surface area contributed by atoms with Crippen LogP contribution in [0.4, 0.5) is 4.79 Å². The predicted octanol–water partition coefficient (Wildman–Crippen LogP) is 7.89. The lowest BCUT2D eigenvalue weighted by atomic mass is 9.88. The zero-order chi connectivity index (χ0) is 31.5. The molecule has 3 rings (SSSR count). The van der Waals surface area contributed by atoms with Gasteiger partial charge in [0.2, 0.25) is 0 Å². The summed E-state index contributed by atoms with van der Waals surface area (Å²) in [6.07, 6.45) is 6.23. The van der Waals surface area contributed by atoms with Crippen molar-refractivity contribution in [1.29, 1.82) is 0 Å². The first-order chi connectivity index (χ1) is 20.4. The normalized spacial score (nSPS) is 15.1. The Kier molecular flexibility index (Phi) is 13.2. The number of carbonyl (C=O) groups is 1. The van der Waals surface area contributed by atoms with Crippen molar-refractivity contribution in [2.75, 3.05) is 46.4 Å². The fraction of sp³-hybridized carbons (Fsp3) is 0.639. The summed E-state index contributed by atoms with van der Waals surface area (Å²) in [5, 5.41) is 9.84. The van der Waals surface area contributed by atoms with Crippen LogP contribution in [0.25, 0.3) is 0 Å². The second-order valence-corrected chi connectivity index (χ2v) is 14.0. The van der Waals surface area contributed by atoms with Crippen molar-refractivity contribution in [2.45, 2.75) is 104 Å². The minimum Gasteiger partial charge on any atom is -0.496 e. The summed E-state index contributed by atoms with van der Waals surface area (Å²) in [5.41, 5.74) is 1.78. The maximum absolute atomic E-state index is 12.0. The van der Waals surface area contributed by atoms with E-state index < -0.39 is 11.6 Å². The fourth-order valence-corrected chi connectivity index (χ4v) is 6.03. The summed E-state index contributed by atoms with van der Waals surface area (Å²) in [5.74, 6) is 2.52. The average molecular weight is 596 g/mol. The maximum Gasteiger partial charge on any atom is 0.407 e. The van der Waals surface area contributed by atoms with E-state index in [0.717, 1.165) is 49.7 Å². The number of nitrogens with zero attached hydrogens (tertiary/aromatic N) is 3. The summed E-state index contributed by atoms with van der Waals surface area (Å²) in [4.78, 5) is 18.6. The number of benzene rings is 2. The van der Waals surface area contributed by atoms with E-state index in [9.17, 15) is 9.90 Å². The molecule has 1 fully saturated rings. The number of amides is 1. The minimum absolute atomic E-state index is 0.281. The molecule has 7 nitrogen and oxygen atoms in total. The van der Waals surface area contributed by atoms with Crippen LogP contribution in [0.3, 0.4) is 0 Å². The molecule has 0 radical (unpaired) electrons. The molecule has 1 aliphatic heterocycles. The van der Waals surface area contributed by atoms with Gasteiger partial charge in [-0.3, -0.25) is 4.90 Å². The Hall–Kier alpha value is -2.77. The SMILES string of the molecule is COc1ccccc1C1CCN(CCCCCCN(CCN(C(=O)O)C(C)(C)C)Cc2ccccc2OC(C)(C)C)CC1. The van der Waals surface area contributed by atoms with Gasteiger partial charge in [-0.25, -0.2) is 4.79 Å². The lowest BCUT2D eigenvalue weighted by Crippen LogP contribution is -2.48. The lowest BCUT2D eigenvalue weighted by Gasteiger charge is -2.35. The van der Waals surface area contributed by atoms with Crippen LogP contribution in [0.1, 0.15) is 97.1 Å². The Bertz CT molecular complexity index is 1120. The lowest BCUT2D eigenvalue weighted by molar-refractivity contribution is 0.0887. The monoisotopic (exact) mass is 595 g/mol. The quantitative estimate of drug-likeness (QED) is 0.211. The van der Waals surface area contributed by atoms with Gasteiger partial charge in [0.15, 0.2) is 0 Å². The Morgan fingerprint density at radius 3 is 2.12 bits per heavy atom. The van der Waals surface area contributed by atoms with Crippen LogP contribution < -0.4 is 9.47 Å². The van der Waals surface area contributed by atoms with Gasteiger partial charge in [-0.15, -0.1) is 0 Å². The van der Waals surface area contributed by atoms with E-state index in [1.165, 1.54) is 44.2 Å². The van der Waals surface area contributed by atoms with E-state index in [0.29, 0.717) is 19.0 Å². The summed E-state index contributed by atoms with van der Waals surface area (Å²) in [6, 6.07) is 16.7. The molecule has 1 saturated heterocycles. The summed E-state index contributed by atoms with van der Waals surface area (Å²) in [7, 11) is 1.77. The number of likely N-dealkylation sites (tertiary alicyclic amines) is 1. The number of hydrogen-bond acceptors (Lipinski definition) is 5. The first kappa shape index (κ1) is 34.7. The maximum atomic E-state index is 12.0. The fourth-order valence-electron chi connectivity index (χ4n) is 6.03. The van der Waals surface area contributed by atoms with Crippen molar-refractivity contribution in [3.8, 4) is 11.5 Å². The van der Waals surface area contributed by atoms with Crippen LogP contribution >= 0.6 is 0 Å². The van der Waals surface area contributed by atoms with Gasteiger partial charge in [-0.2, -0.15) is 0 Å². The number of piperidine rings is 1. The molecule has 0 aromatic heterocycles. The molecule has 0 bridgehead atoms. The third-order valence-electron chi connectivity index (χ3n) is 8.33. The number of rotatable bonds is 15. The van der Waals surface area contributed by atoms with E-state index in [1.807, 2.05) is 39.0 Å². The van der Waals surface area contributed by atoms with E-state index in [2.05, 4.69) is 60.9 Å². The van der Waals surface area contributed by atoms with Gasteiger partial charge in [-0.05, 0) is 117 Å². The highest BCUT2D eigenvalue weighted by Crippen LogP contribution is 2.34. The van der Waals surface area contributed by atoms with Gasteiger partial charge in [0.25, 0.3) is 0 Å². The molecule has 0 atom stereocenters. The van der Waals surface area contributed by atoms with Gasteiger partial charge in [-0.1, -0.05) is 49.2 Å². The molecule has 240 valence electrons. The predicted molar refractivity (Wildman–Crippen MR) is 176 cm³/mol. The minimum atomic E-state index is -0.865. The second kappa shape index (κ2) is 16.3. The van der Waals surface area contributed by atoms with Crippen molar-refractivity contribution < 1.29 is 19.4 Å². The highest BCUT2D eigenvalue weighted by atomic mass is 16.5. The molecule has 2 aromatic carbocycles. The van der Waals surface area contributed by atoms with Gasteiger partial charge in [0.05, 0.1) is 7.11 Å². The largest absolute Gasteiger partial charge is 0.496 e. The number of hydrogen-bond donors (Lipinski definition) is 1. The molecular weight excluding hydrogens is 538 g/mol. The molecule has 1 heterocycles. The molecule has 43 heavy (non-hydrogen) atoms. The van der Waals surface area contributed by atoms with Crippen LogP contribution in [0, 0.1) is 0 Å². The topological polar surface area (TPSA) is 65.5 Å². The highest BCUT2D eigenvalue weighted by molar-refractivity contribution is 5.66. The van der Waals surface area contributed by atoms with Crippen LogP contribution in [-0.4, -0.2) is 83.4 Å². The first-order valence-electron chi connectivity index (χ1n) is 16.2. The average Bonchev–Trinajstić information content (AvgIpc) is 2.94. The molecule has 1 N–H and O–H groups in total. The van der Waals surface area contributed by atoms with Gasteiger partial charge in [0.1, 0.15) is 17.1 Å². The number of ether oxygens (including phenoxy) is 2. The second-order valence-electron chi connectivity index (χ2n) is 14.0. The Labute approximate surface area is 261 Å². The molecule has 0 saturated carbocycles. The third-order valence-corrected chi connectivity index (χ3v) is 8.33. The Morgan fingerprint density at radius 1 is 0.860 bits per heavy atom. The van der Waals surface area contributed by atoms with Gasteiger partial charge >= 0.3 is 6.09 Å². The summed E-state index contributed by atoms with van der Waals surface area (Å²) in [6.45, 7) is 18.4. The summed E-state index contributed by atoms with van der Waals surface area (Å²) < 4.78 is 11.9. The van der Waals surface area contributed by atoms with Crippen molar-refractivity contribution in [3.63, 3.8) is 0 Å². The molecule has 0 spiro atoms. The van der Waals surface area contributed by atoms with Crippen molar-refractivity contribution in [1.82, 2.24) is 14.7 Å². The third kappa shape index (κ3) is 11.7. The zero-order valence-electron chi connectivity index (χ0n) is 27.9. The van der Waals surface area contributed by atoms with E-state index in [-0.39, 0.29) is 5.60 Å². The molecular formula is C36H57N3O4. The van der Waals surface area contributed by atoms with Crippen LogP contribution in [0.15, 0.2) is 48.5 Å². The number of methoxy groups -OCH3 is 1. The number of unbranched alkanes of at least 4 members (excludes halogenated alkanes) is 3. The molecule has 0 unspecified atom stereocenters. The van der Waals surface area contributed by atoms with Crippen LogP contribution in [-0.2, 0) is 6.54 Å². The van der Waals surface area contributed by atoms with E-state index >= 15 is 0 Å². The summed E-state index contributed by atoms with van der Waals surface area (Å²) >= 11 is 0. The van der Waals surface area contributed by atoms with Crippen LogP contribution in [0.5, 0.6) is 11.5 Å². The van der Waals surface area contributed by atoms with Crippen LogP contribution in [0.2, 0.25) is 0 Å². The van der Waals surface area contributed by atoms with Crippen molar-refractivity contribution in [3.05, 3.63) is 59.7 Å². The van der Waals surface area contributed by atoms with Gasteiger partial charge < -0.3 is 24.4 Å². The smallest absolute Gasteiger partial charge is 0.407 e. The van der Waals surface area contributed by atoms with E-state index in [4.69, 9.17) is 9.47 Å².